The maximum Gasteiger partial charge on any atom is 0.408 e. The molecule has 3 amide bonds. The molecule has 3 N–H and O–H groups in total. The second-order valence-corrected chi connectivity index (χ2v) is 10.4. The Labute approximate surface area is 232 Å². The molecule has 2 unspecified atom stereocenters. The predicted octanol–water partition coefficient (Wildman–Crippen LogP) is 4.95. The van der Waals surface area contributed by atoms with Crippen molar-refractivity contribution < 1.29 is 24.2 Å². The first-order valence-electron chi connectivity index (χ1n) is 13.3. The summed E-state index contributed by atoms with van der Waals surface area (Å²) < 4.78 is 5.29. The van der Waals surface area contributed by atoms with Gasteiger partial charge in [-0.15, -0.1) is 6.42 Å². The van der Waals surface area contributed by atoms with Crippen molar-refractivity contribution in [1.29, 1.82) is 0 Å². The second kappa shape index (κ2) is 14.9. The highest BCUT2D eigenvalue weighted by molar-refractivity contribution is 5.99. The lowest BCUT2D eigenvalue weighted by molar-refractivity contribution is -0.141. The van der Waals surface area contributed by atoms with Crippen LogP contribution < -0.4 is 10.6 Å². The molecule has 2 aromatic rings. The molecule has 0 aliphatic carbocycles. The quantitative estimate of drug-likeness (QED) is 0.263. The number of amides is 3. The molecule has 0 radical (unpaired) electrons. The number of nitrogens with one attached hydrogen (secondary N) is 2. The first kappa shape index (κ1) is 31.4. The van der Waals surface area contributed by atoms with E-state index in [1.807, 2.05) is 25.1 Å². The second-order valence-electron chi connectivity index (χ2n) is 10.4. The van der Waals surface area contributed by atoms with Gasteiger partial charge in [0.25, 0.3) is 5.91 Å². The van der Waals surface area contributed by atoms with E-state index < -0.39 is 42.2 Å². The summed E-state index contributed by atoms with van der Waals surface area (Å²) in [7, 11) is 0. The van der Waals surface area contributed by atoms with Crippen molar-refractivity contribution in [2.45, 2.75) is 78.0 Å². The molecular weight excluding hydrogens is 494 g/mol. The Morgan fingerprint density at radius 3 is 2.28 bits per heavy atom. The lowest BCUT2D eigenvalue weighted by atomic mass is 10.00. The van der Waals surface area contributed by atoms with E-state index in [1.54, 1.807) is 51.1 Å². The summed E-state index contributed by atoms with van der Waals surface area (Å²) in [5.41, 5.74) is 1.89. The van der Waals surface area contributed by atoms with Gasteiger partial charge in [0.15, 0.2) is 0 Å². The smallest absolute Gasteiger partial charge is 0.408 e. The Kier molecular flexibility index (Phi) is 12.0. The predicted molar refractivity (Wildman–Crippen MR) is 153 cm³/mol. The van der Waals surface area contributed by atoms with Crippen LogP contribution in [0.5, 0.6) is 0 Å². The SMILES string of the molecule is C#Cc1ccc(C(C(=O)Nc2ccccc2C)N(CCCCCC)C(=O)C(CO)NC(=O)OC(C)(C)C)cc1. The van der Waals surface area contributed by atoms with Gasteiger partial charge in [0.1, 0.15) is 17.7 Å². The summed E-state index contributed by atoms with van der Waals surface area (Å²) in [6.07, 6.45) is 8.16. The molecule has 8 nitrogen and oxygen atoms in total. The molecule has 2 rings (SSSR count). The van der Waals surface area contributed by atoms with Crippen molar-refractivity contribution >= 4 is 23.6 Å². The van der Waals surface area contributed by atoms with Crippen LogP contribution >= 0.6 is 0 Å². The molecular formula is C31H41N3O5. The lowest BCUT2D eigenvalue weighted by Gasteiger charge is -2.34. The third-order valence-electron chi connectivity index (χ3n) is 6.06. The molecule has 2 aromatic carbocycles. The van der Waals surface area contributed by atoms with E-state index in [0.717, 1.165) is 24.8 Å². The van der Waals surface area contributed by atoms with Crippen LogP contribution in [0.25, 0.3) is 0 Å². The van der Waals surface area contributed by atoms with Crippen molar-refractivity contribution in [2.24, 2.45) is 0 Å². The minimum atomic E-state index is -1.30. The highest BCUT2D eigenvalue weighted by atomic mass is 16.6. The van der Waals surface area contributed by atoms with Crippen LogP contribution in [0.1, 0.15) is 76.1 Å². The number of carbonyl (C=O) groups is 3. The number of aliphatic hydroxyl groups is 1. The zero-order chi connectivity index (χ0) is 29.0. The summed E-state index contributed by atoms with van der Waals surface area (Å²) in [4.78, 5) is 41.6. The van der Waals surface area contributed by atoms with Crippen molar-refractivity contribution in [3.05, 3.63) is 65.2 Å². The van der Waals surface area contributed by atoms with Gasteiger partial charge in [-0.25, -0.2) is 4.79 Å². The maximum atomic E-state index is 13.9. The van der Waals surface area contributed by atoms with Crippen LogP contribution in [0.15, 0.2) is 48.5 Å². The standard InChI is InChI=1S/C31H41N3O5/c1-7-9-10-13-20-34(29(37)26(21-35)33-30(38)39-31(4,5)6)27(24-18-16-23(8-2)17-19-24)28(36)32-25-15-12-11-14-22(25)3/h2,11-12,14-19,26-27,35H,7,9-10,13,20-21H2,1,3-6H3,(H,32,36)(H,33,38). The fraction of sp³-hybridized carbons (Fsp3) is 0.452. The van der Waals surface area contributed by atoms with Gasteiger partial charge in [0.05, 0.1) is 6.61 Å². The molecule has 0 bridgehead atoms. The Balaban J connectivity index is 2.50. The van der Waals surface area contributed by atoms with Crippen LogP contribution in [0.2, 0.25) is 0 Å². The third-order valence-corrected chi connectivity index (χ3v) is 6.06. The van der Waals surface area contributed by atoms with Gasteiger partial charge < -0.3 is 25.4 Å². The fourth-order valence-corrected chi connectivity index (χ4v) is 4.06. The minimum Gasteiger partial charge on any atom is -0.444 e. The molecule has 8 heteroatoms. The number of alkyl carbamates (subject to hydrolysis) is 1. The number of nitrogens with zero attached hydrogens (tertiary/aromatic N) is 1. The average Bonchev–Trinajstić information content (AvgIpc) is 2.89. The number of carbonyl (C=O) groups excluding carboxylic acids is 3. The summed E-state index contributed by atoms with van der Waals surface area (Å²) in [5, 5.41) is 15.5. The van der Waals surface area contributed by atoms with Crippen molar-refractivity contribution in [3.8, 4) is 12.3 Å². The first-order valence-corrected chi connectivity index (χ1v) is 13.3. The summed E-state index contributed by atoms with van der Waals surface area (Å²) in [6.45, 7) is 8.66. The van der Waals surface area contributed by atoms with Crippen LogP contribution in [0.3, 0.4) is 0 Å². The summed E-state index contributed by atoms with van der Waals surface area (Å²) >= 11 is 0. The monoisotopic (exact) mass is 535 g/mol. The lowest BCUT2D eigenvalue weighted by Crippen LogP contribution is -2.54. The molecule has 0 aromatic heterocycles. The number of aryl methyl sites for hydroxylation is 1. The van der Waals surface area contributed by atoms with Crippen LogP contribution in [0, 0.1) is 19.3 Å². The average molecular weight is 536 g/mol. The number of hydrogen-bond donors (Lipinski definition) is 3. The largest absolute Gasteiger partial charge is 0.444 e. The fourth-order valence-electron chi connectivity index (χ4n) is 4.06. The molecule has 0 aliphatic rings. The number of unbranched alkanes of at least 4 members (excludes halogenated alkanes) is 3. The summed E-state index contributed by atoms with van der Waals surface area (Å²) in [5.74, 6) is 1.55. The Morgan fingerprint density at radius 2 is 1.72 bits per heavy atom. The van der Waals surface area contributed by atoms with E-state index in [-0.39, 0.29) is 6.54 Å². The van der Waals surface area contributed by atoms with E-state index in [2.05, 4.69) is 23.5 Å². The number of terminal acetylenes is 1. The van der Waals surface area contributed by atoms with Crippen molar-refractivity contribution in [2.75, 3.05) is 18.5 Å². The highest BCUT2D eigenvalue weighted by Gasteiger charge is 2.36. The normalized spacial score (nSPS) is 12.5. The van der Waals surface area contributed by atoms with E-state index in [9.17, 15) is 19.5 Å². The number of rotatable bonds is 12. The van der Waals surface area contributed by atoms with Crippen molar-refractivity contribution in [1.82, 2.24) is 10.2 Å². The number of benzene rings is 2. The number of aliphatic hydroxyl groups excluding tert-OH is 1. The van der Waals surface area contributed by atoms with Crippen LogP contribution in [-0.2, 0) is 14.3 Å². The van der Waals surface area contributed by atoms with Gasteiger partial charge in [0.2, 0.25) is 5.91 Å². The van der Waals surface area contributed by atoms with E-state index >= 15 is 0 Å². The molecule has 0 aliphatic heterocycles. The molecule has 0 fully saturated rings. The number of para-hydroxylation sites is 1. The summed E-state index contributed by atoms with van der Waals surface area (Å²) in [6, 6.07) is 11.9. The van der Waals surface area contributed by atoms with Gasteiger partial charge in [-0.1, -0.05) is 62.4 Å². The number of hydrogen-bond acceptors (Lipinski definition) is 5. The van der Waals surface area contributed by atoms with E-state index in [1.165, 1.54) is 4.90 Å². The van der Waals surface area contributed by atoms with Crippen LogP contribution in [-0.4, -0.2) is 52.7 Å². The highest BCUT2D eigenvalue weighted by Crippen LogP contribution is 2.26. The molecule has 39 heavy (non-hydrogen) atoms. The zero-order valence-corrected chi connectivity index (χ0v) is 23.6. The van der Waals surface area contributed by atoms with E-state index in [4.69, 9.17) is 11.2 Å². The zero-order valence-electron chi connectivity index (χ0n) is 23.6. The Hall–Kier alpha value is -3.83. The number of anilines is 1. The molecule has 0 saturated heterocycles. The third kappa shape index (κ3) is 9.77. The maximum absolute atomic E-state index is 13.9. The van der Waals surface area contributed by atoms with Crippen molar-refractivity contribution in [3.63, 3.8) is 0 Å². The topological polar surface area (TPSA) is 108 Å². The van der Waals surface area contributed by atoms with Crippen LogP contribution in [0.4, 0.5) is 10.5 Å². The van der Waals surface area contributed by atoms with Gasteiger partial charge >= 0.3 is 6.09 Å². The molecule has 2 atom stereocenters. The molecule has 0 spiro atoms. The first-order chi connectivity index (χ1) is 18.5. The van der Waals surface area contributed by atoms with E-state index in [0.29, 0.717) is 23.2 Å². The molecule has 210 valence electrons. The Morgan fingerprint density at radius 1 is 1.05 bits per heavy atom. The van der Waals surface area contributed by atoms with Gasteiger partial charge in [-0.05, 0) is 63.4 Å². The van der Waals surface area contributed by atoms with Gasteiger partial charge in [0, 0.05) is 17.8 Å². The number of ether oxygens (including phenoxy) is 1. The molecule has 0 saturated carbocycles. The molecule has 0 heterocycles. The van der Waals surface area contributed by atoms with Gasteiger partial charge in [-0.3, -0.25) is 9.59 Å². The van der Waals surface area contributed by atoms with Gasteiger partial charge in [-0.2, -0.15) is 0 Å². The minimum absolute atomic E-state index is 0.244. The Bertz CT molecular complexity index is 1150.